The lowest BCUT2D eigenvalue weighted by Gasteiger charge is -2.16. The van der Waals surface area contributed by atoms with Crippen molar-refractivity contribution < 1.29 is 14.4 Å². The Morgan fingerprint density at radius 1 is 1.16 bits per heavy atom. The SMILES string of the molecule is O=C(CN1C(=O)C2C3C=CC(C3)C2C1=O)NC1CC1. The predicted molar refractivity (Wildman–Crippen MR) is 65.6 cm³/mol. The zero-order chi connectivity index (χ0) is 13.1. The van der Waals surface area contributed by atoms with Crippen LogP contribution in [0, 0.1) is 23.7 Å². The lowest BCUT2D eigenvalue weighted by atomic mass is 9.85. The fourth-order valence-corrected chi connectivity index (χ4v) is 3.76. The van der Waals surface area contributed by atoms with E-state index in [2.05, 4.69) is 17.5 Å². The van der Waals surface area contributed by atoms with Crippen LogP contribution in [0.3, 0.4) is 0 Å². The zero-order valence-electron chi connectivity index (χ0n) is 10.5. The first kappa shape index (κ1) is 11.2. The molecule has 0 radical (unpaired) electrons. The van der Waals surface area contributed by atoms with Crippen molar-refractivity contribution in [2.45, 2.75) is 25.3 Å². The van der Waals surface area contributed by atoms with Crippen LogP contribution in [0.25, 0.3) is 0 Å². The van der Waals surface area contributed by atoms with Gasteiger partial charge >= 0.3 is 0 Å². The van der Waals surface area contributed by atoms with Gasteiger partial charge in [-0.05, 0) is 31.1 Å². The topological polar surface area (TPSA) is 66.5 Å². The van der Waals surface area contributed by atoms with Gasteiger partial charge in [-0.15, -0.1) is 0 Å². The molecule has 3 aliphatic carbocycles. The van der Waals surface area contributed by atoms with E-state index in [9.17, 15) is 14.4 Å². The van der Waals surface area contributed by atoms with E-state index in [1.54, 1.807) is 0 Å². The van der Waals surface area contributed by atoms with Crippen LogP contribution in [0.4, 0.5) is 0 Å². The van der Waals surface area contributed by atoms with Crippen LogP contribution < -0.4 is 5.32 Å². The number of nitrogens with one attached hydrogen (secondary N) is 1. The standard InChI is InChI=1S/C14H16N2O3/c17-10(15-9-3-4-9)6-16-13(18)11-7-1-2-8(5-7)12(11)14(16)19/h1-2,7-9,11-12H,3-6H2,(H,15,17). The number of allylic oxidation sites excluding steroid dienone is 2. The number of amides is 3. The summed E-state index contributed by atoms with van der Waals surface area (Å²) >= 11 is 0. The fraction of sp³-hybridized carbons (Fsp3) is 0.643. The first-order valence-electron chi connectivity index (χ1n) is 6.98. The molecule has 5 nitrogen and oxygen atoms in total. The fourth-order valence-electron chi connectivity index (χ4n) is 3.76. The molecule has 2 bridgehead atoms. The minimum Gasteiger partial charge on any atom is -0.352 e. The van der Waals surface area contributed by atoms with Crippen LogP contribution in [-0.4, -0.2) is 35.2 Å². The second-order valence-corrected chi connectivity index (χ2v) is 6.10. The Labute approximate surface area is 111 Å². The molecule has 1 aliphatic heterocycles. The maximum atomic E-state index is 12.3. The highest BCUT2D eigenvalue weighted by molar-refractivity contribution is 6.08. The van der Waals surface area contributed by atoms with E-state index in [-0.39, 0.29) is 54.0 Å². The molecule has 3 amide bonds. The summed E-state index contributed by atoms with van der Waals surface area (Å²) < 4.78 is 0. The number of hydrogen-bond donors (Lipinski definition) is 1. The maximum absolute atomic E-state index is 12.3. The van der Waals surface area contributed by atoms with Gasteiger partial charge in [-0.1, -0.05) is 12.2 Å². The maximum Gasteiger partial charge on any atom is 0.240 e. The summed E-state index contributed by atoms with van der Waals surface area (Å²) in [5.74, 6) is -0.460. The molecular formula is C14H16N2O3. The average Bonchev–Trinajstić information content (AvgIpc) is 2.86. The van der Waals surface area contributed by atoms with Gasteiger partial charge in [-0.25, -0.2) is 0 Å². The smallest absolute Gasteiger partial charge is 0.240 e. The van der Waals surface area contributed by atoms with Gasteiger partial charge in [0.05, 0.1) is 11.8 Å². The molecule has 0 spiro atoms. The molecule has 19 heavy (non-hydrogen) atoms. The van der Waals surface area contributed by atoms with Crippen molar-refractivity contribution in [2.24, 2.45) is 23.7 Å². The largest absolute Gasteiger partial charge is 0.352 e. The summed E-state index contributed by atoms with van der Waals surface area (Å²) in [7, 11) is 0. The van der Waals surface area contributed by atoms with E-state index >= 15 is 0 Å². The Hall–Kier alpha value is -1.65. The second kappa shape index (κ2) is 3.68. The predicted octanol–water partition coefficient (Wildman–Crippen LogP) is 0.0721. The van der Waals surface area contributed by atoms with Gasteiger partial charge in [0.2, 0.25) is 17.7 Å². The Morgan fingerprint density at radius 2 is 1.74 bits per heavy atom. The number of imide groups is 1. The van der Waals surface area contributed by atoms with Crippen LogP contribution in [-0.2, 0) is 14.4 Å². The van der Waals surface area contributed by atoms with E-state index in [0.29, 0.717) is 0 Å². The lowest BCUT2D eigenvalue weighted by molar-refractivity contribution is -0.144. The summed E-state index contributed by atoms with van der Waals surface area (Å²) in [5, 5.41) is 2.82. The van der Waals surface area contributed by atoms with Gasteiger partial charge < -0.3 is 5.32 Å². The summed E-state index contributed by atoms with van der Waals surface area (Å²) in [5.41, 5.74) is 0. The number of nitrogens with zero attached hydrogens (tertiary/aromatic N) is 1. The molecule has 1 saturated heterocycles. The Kier molecular flexibility index (Phi) is 2.17. The van der Waals surface area contributed by atoms with Crippen molar-refractivity contribution >= 4 is 17.7 Å². The first-order valence-corrected chi connectivity index (χ1v) is 6.98. The first-order chi connectivity index (χ1) is 9.15. The summed E-state index contributed by atoms with van der Waals surface area (Å²) in [6.45, 7) is -0.0966. The molecule has 4 rings (SSSR count). The Bertz CT molecular complexity index is 479. The molecule has 4 aliphatic rings. The Balaban J connectivity index is 1.50. The highest BCUT2D eigenvalue weighted by atomic mass is 16.2. The summed E-state index contributed by atoms with van der Waals surface area (Å²) in [6, 6.07) is 0.262. The number of carbonyl (C=O) groups is 3. The van der Waals surface area contributed by atoms with Crippen molar-refractivity contribution in [3.63, 3.8) is 0 Å². The van der Waals surface area contributed by atoms with Crippen LogP contribution >= 0.6 is 0 Å². The quantitative estimate of drug-likeness (QED) is 0.577. The lowest BCUT2D eigenvalue weighted by Crippen LogP contribution is -2.42. The molecule has 2 saturated carbocycles. The third-order valence-corrected chi connectivity index (χ3v) is 4.81. The average molecular weight is 260 g/mol. The van der Waals surface area contributed by atoms with E-state index in [0.717, 1.165) is 19.3 Å². The molecule has 100 valence electrons. The summed E-state index contributed by atoms with van der Waals surface area (Å²) in [4.78, 5) is 37.6. The van der Waals surface area contributed by atoms with Crippen LogP contribution in [0.1, 0.15) is 19.3 Å². The normalized spacial score (nSPS) is 39.1. The van der Waals surface area contributed by atoms with Crippen LogP contribution in [0.15, 0.2) is 12.2 Å². The van der Waals surface area contributed by atoms with Gasteiger partial charge in [0, 0.05) is 6.04 Å². The molecule has 1 N–H and O–H groups in total. The van der Waals surface area contributed by atoms with Gasteiger partial charge in [0.15, 0.2) is 0 Å². The third kappa shape index (κ3) is 1.57. The molecule has 0 aromatic heterocycles. The van der Waals surface area contributed by atoms with E-state index in [4.69, 9.17) is 0 Å². The molecule has 4 atom stereocenters. The zero-order valence-corrected chi connectivity index (χ0v) is 10.5. The number of rotatable bonds is 3. The van der Waals surface area contributed by atoms with Crippen molar-refractivity contribution in [1.29, 1.82) is 0 Å². The van der Waals surface area contributed by atoms with Gasteiger partial charge in [-0.2, -0.15) is 0 Å². The monoisotopic (exact) mass is 260 g/mol. The van der Waals surface area contributed by atoms with Crippen LogP contribution in [0.2, 0.25) is 0 Å². The number of likely N-dealkylation sites (tertiary alicyclic amines) is 1. The van der Waals surface area contributed by atoms with Crippen molar-refractivity contribution in [2.75, 3.05) is 6.54 Å². The molecule has 3 fully saturated rings. The highest BCUT2D eigenvalue weighted by Crippen LogP contribution is 2.52. The number of carbonyl (C=O) groups excluding carboxylic acids is 3. The third-order valence-electron chi connectivity index (χ3n) is 4.81. The van der Waals surface area contributed by atoms with E-state index < -0.39 is 0 Å². The molecular weight excluding hydrogens is 244 g/mol. The number of fused-ring (bicyclic) bond motifs is 5. The second-order valence-electron chi connectivity index (χ2n) is 6.10. The van der Waals surface area contributed by atoms with Gasteiger partial charge in [0.1, 0.15) is 6.54 Å². The molecule has 5 heteroatoms. The van der Waals surface area contributed by atoms with Crippen LogP contribution in [0.5, 0.6) is 0 Å². The molecule has 0 aromatic carbocycles. The van der Waals surface area contributed by atoms with E-state index in [1.807, 2.05) is 0 Å². The van der Waals surface area contributed by atoms with Gasteiger partial charge in [0.25, 0.3) is 0 Å². The number of hydrogen-bond acceptors (Lipinski definition) is 3. The molecule has 1 heterocycles. The minimum atomic E-state index is -0.204. The van der Waals surface area contributed by atoms with E-state index in [1.165, 1.54) is 4.90 Å². The minimum absolute atomic E-state index is 0.0966. The highest BCUT2D eigenvalue weighted by Gasteiger charge is 2.59. The van der Waals surface area contributed by atoms with Crippen molar-refractivity contribution in [3.8, 4) is 0 Å². The van der Waals surface area contributed by atoms with Gasteiger partial charge in [-0.3, -0.25) is 19.3 Å². The van der Waals surface area contributed by atoms with Crippen molar-refractivity contribution in [1.82, 2.24) is 10.2 Å². The molecule has 0 aromatic rings. The Morgan fingerprint density at radius 3 is 2.26 bits per heavy atom. The molecule has 4 unspecified atom stereocenters. The van der Waals surface area contributed by atoms with Crippen molar-refractivity contribution in [3.05, 3.63) is 12.2 Å². The summed E-state index contributed by atoms with van der Waals surface area (Å²) in [6.07, 6.45) is 7.06.